The first kappa shape index (κ1) is 15.3. The van der Waals surface area contributed by atoms with Gasteiger partial charge in [0.25, 0.3) is 0 Å². The van der Waals surface area contributed by atoms with Crippen LogP contribution in [0.1, 0.15) is 44.7 Å². The zero-order valence-corrected chi connectivity index (χ0v) is 13.6. The highest BCUT2D eigenvalue weighted by Gasteiger charge is 2.28. The standard InChI is InChI=1S/C19H26N2O/c1-14(16-8-9-16)12-19(22)20-18-10-11-21(13-18)15(2)17-6-4-3-5-7-17/h3-7,12,15-16,18H,8-11,13H2,1-2H3,(H,20,22)/b14-12-/t15-,18-/m1/s1. The van der Waals surface area contributed by atoms with Crippen LogP contribution in [0.4, 0.5) is 0 Å². The van der Waals surface area contributed by atoms with Crippen molar-refractivity contribution in [1.82, 2.24) is 10.2 Å². The molecular weight excluding hydrogens is 272 g/mol. The summed E-state index contributed by atoms with van der Waals surface area (Å²) in [5.74, 6) is 0.757. The van der Waals surface area contributed by atoms with Crippen LogP contribution in [-0.2, 0) is 4.79 Å². The van der Waals surface area contributed by atoms with Crippen molar-refractivity contribution in [2.75, 3.05) is 13.1 Å². The van der Waals surface area contributed by atoms with Gasteiger partial charge in [-0.25, -0.2) is 0 Å². The molecule has 0 bridgehead atoms. The summed E-state index contributed by atoms with van der Waals surface area (Å²) in [5, 5.41) is 3.17. The molecule has 1 aliphatic heterocycles. The molecule has 1 aliphatic carbocycles. The van der Waals surface area contributed by atoms with Gasteiger partial charge in [0.1, 0.15) is 0 Å². The van der Waals surface area contributed by atoms with Crippen LogP contribution < -0.4 is 5.32 Å². The maximum atomic E-state index is 12.1. The van der Waals surface area contributed by atoms with E-state index in [4.69, 9.17) is 0 Å². The molecule has 1 heterocycles. The maximum absolute atomic E-state index is 12.1. The van der Waals surface area contributed by atoms with Crippen molar-refractivity contribution < 1.29 is 4.79 Å². The molecule has 1 aromatic rings. The van der Waals surface area contributed by atoms with Crippen LogP contribution in [0.25, 0.3) is 0 Å². The molecule has 22 heavy (non-hydrogen) atoms. The van der Waals surface area contributed by atoms with Crippen molar-refractivity contribution in [3.63, 3.8) is 0 Å². The van der Waals surface area contributed by atoms with Crippen LogP contribution in [0.2, 0.25) is 0 Å². The largest absolute Gasteiger partial charge is 0.348 e. The van der Waals surface area contributed by atoms with Crippen LogP contribution in [0.5, 0.6) is 0 Å². The minimum atomic E-state index is 0.0867. The lowest BCUT2D eigenvalue weighted by molar-refractivity contribution is -0.117. The molecule has 0 unspecified atom stereocenters. The fourth-order valence-electron chi connectivity index (χ4n) is 3.31. The number of amides is 1. The number of carbonyl (C=O) groups excluding carboxylic acids is 1. The second-order valence-corrected chi connectivity index (χ2v) is 6.74. The molecule has 3 rings (SSSR count). The fourth-order valence-corrected chi connectivity index (χ4v) is 3.31. The van der Waals surface area contributed by atoms with Crippen LogP contribution in [-0.4, -0.2) is 29.9 Å². The average molecular weight is 298 g/mol. The number of likely N-dealkylation sites (tertiary alicyclic amines) is 1. The van der Waals surface area contributed by atoms with Gasteiger partial charge in [0.2, 0.25) is 5.91 Å². The van der Waals surface area contributed by atoms with E-state index in [1.54, 1.807) is 6.08 Å². The van der Waals surface area contributed by atoms with Gasteiger partial charge in [-0.3, -0.25) is 9.69 Å². The van der Waals surface area contributed by atoms with E-state index in [0.29, 0.717) is 12.0 Å². The first-order valence-electron chi connectivity index (χ1n) is 8.41. The highest BCUT2D eigenvalue weighted by atomic mass is 16.1. The molecule has 1 amide bonds. The lowest BCUT2D eigenvalue weighted by Crippen LogP contribution is -2.36. The molecule has 1 N–H and O–H groups in total. The number of allylic oxidation sites excluding steroid dienone is 1. The molecule has 1 aromatic carbocycles. The Labute approximate surface area is 133 Å². The number of rotatable bonds is 5. The van der Waals surface area contributed by atoms with E-state index in [9.17, 15) is 4.79 Å². The van der Waals surface area contributed by atoms with Gasteiger partial charge in [-0.05, 0) is 44.6 Å². The SMILES string of the molecule is C/C(=C/C(=O)N[C@@H]1CCN([C@H](C)c2ccccc2)C1)C1CC1. The Bertz CT molecular complexity index is 548. The topological polar surface area (TPSA) is 32.3 Å². The number of nitrogens with one attached hydrogen (secondary N) is 1. The van der Waals surface area contributed by atoms with Gasteiger partial charge in [0, 0.05) is 31.2 Å². The van der Waals surface area contributed by atoms with Crippen molar-refractivity contribution in [2.24, 2.45) is 5.92 Å². The minimum Gasteiger partial charge on any atom is -0.348 e. The highest BCUT2D eigenvalue weighted by molar-refractivity contribution is 5.88. The smallest absolute Gasteiger partial charge is 0.244 e. The van der Waals surface area contributed by atoms with E-state index in [-0.39, 0.29) is 11.9 Å². The zero-order chi connectivity index (χ0) is 15.5. The molecule has 0 spiro atoms. The number of carbonyl (C=O) groups is 1. The van der Waals surface area contributed by atoms with Gasteiger partial charge in [-0.2, -0.15) is 0 Å². The molecule has 1 saturated carbocycles. The Morgan fingerprint density at radius 3 is 2.68 bits per heavy atom. The van der Waals surface area contributed by atoms with E-state index in [0.717, 1.165) is 19.5 Å². The molecule has 2 atom stereocenters. The van der Waals surface area contributed by atoms with Gasteiger partial charge in [0.05, 0.1) is 0 Å². The second kappa shape index (κ2) is 6.66. The molecule has 2 aliphatic rings. The number of hydrogen-bond acceptors (Lipinski definition) is 2. The third kappa shape index (κ3) is 3.77. The summed E-state index contributed by atoms with van der Waals surface area (Å²) in [5.41, 5.74) is 2.59. The zero-order valence-electron chi connectivity index (χ0n) is 13.6. The monoisotopic (exact) mass is 298 g/mol. The van der Waals surface area contributed by atoms with E-state index >= 15 is 0 Å². The molecule has 2 fully saturated rings. The van der Waals surface area contributed by atoms with E-state index in [1.165, 1.54) is 24.0 Å². The molecule has 118 valence electrons. The maximum Gasteiger partial charge on any atom is 0.244 e. The summed E-state index contributed by atoms with van der Waals surface area (Å²) in [6, 6.07) is 11.3. The first-order valence-corrected chi connectivity index (χ1v) is 8.41. The van der Waals surface area contributed by atoms with Crippen LogP contribution >= 0.6 is 0 Å². The molecule has 1 saturated heterocycles. The Hall–Kier alpha value is -1.61. The lowest BCUT2D eigenvalue weighted by atomic mass is 10.1. The Balaban J connectivity index is 1.51. The quantitative estimate of drug-likeness (QED) is 0.846. The van der Waals surface area contributed by atoms with Crippen molar-refractivity contribution in [3.05, 3.63) is 47.5 Å². The van der Waals surface area contributed by atoms with Gasteiger partial charge in [-0.1, -0.05) is 35.9 Å². The number of benzene rings is 1. The van der Waals surface area contributed by atoms with Crippen molar-refractivity contribution in [3.8, 4) is 0 Å². The predicted molar refractivity (Wildman–Crippen MR) is 89.5 cm³/mol. The van der Waals surface area contributed by atoms with Gasteiger partial charge < -0.3 is 5.32 Å². The van der Waals surface area contributed by atoms with E-state index < -0.39 is 0 Å². The third-order valence-corrected chi connectivity index (χ3v) is 4.98. The Morgan fingerprint density at radius 2 is 2.00 bits per heavy atom. The third-order valence-electron chi connectivity index (χ3n) is 4.98. The summed E-state index contributed by atoms with van der Waals surface area (Å²) < 4.78 is 0. The van der Waals surface area contributed by atoms with Crippen molar-refractivity contribution in [1.29, 1.82) is 0 Å². The molecule has 0 radical (unpaired) electrons. The normalized spacial score (nSPS) is 24.3. The fraction of sp³-hybridized carbons (Fsp3) is 0.526. The lowest BCUT2D eigenvalue weighted by Gasteiger charge is -2.24. The van der Waals surface area contributed by atoms with Crippen LogP contribution in [0, 0.1) is 5.92 Å². The molecular formula is C19H26N2O. The summed E-state index contributed by atoms with van der Waals surface area (Å²) in [6.07, 6.45) is 5.35. The van der Waals surface area contributed by atoms with Gasteiger partial charge >= 0.3 is 0 Å². The van der Waals surface area contributed by atoms with E-state index in [2.05, 4.69) is 54.4 Å². The van der Waals surface area contributed by atoms with Crippen LogP contribution in [0.15, 0.2) is 42.0 Å². The Morgan fingerprint density at radius 1 is 1.27 bits per heavy atom. The molecule has 3 nitrogen and oxygen atoms in total. The minimum absolute atomic E-state index is 0.0867. The van der Waals surface area contributed by atoms with Gasteiger partial charge in [0.15, 0.2) is 0 Å². The van der Waals surface area contributed by atoms with Gasteiger partial charge in [-0.15, -0.1) is 0 Å². The highest BCUT2D eigenvalue weighted by Crippen LogP contribution is 2.35. The summed E-state index contributed by atoms with van der Waals surface area (Å²) >= 11 is 0. The average Bonchev–Trinajstić information content (AvgIpc) is 3.28. The summed E-state index contributed by atoms with van der Waals surface area (Å²) in [4.78, 5) is 14.5. The first-order chi connectivity index (χ1) is 10.6. The molecule has 3 heteroatoms. The van der Waals surface area contributed by atoms with Crippen molar-refractivity contribution >= 4 is 5.91 Å². The summed E-state index contributed by atoms with van der Waals surface area (Å²) in [7, 11) is 0. The second-order valence-electron chi connectivity index (χ2n) is 6.74. The number of hydrogen-bond donors (Lipinski definition) is 1. The number of nitrogens with zero attached hydrogens (tertiary/aromatic N) is 1. The predicted octanol–water partition coefficient (Wildman–Crippen LogP) is 3.29. The Kier molecular flexibility index (Phi) is 4.63. The van der Waals surface area contributed by atoms with E-state index in [1.807, 2.05) is 0 Å². The molecule has 0 aromatic heterocycles. The van der Waals surface area contributed by atoms with Crippen LogP contribution in [0.3, 0.4) is 0 Å². The van der Waals surface area contributed by atoms with Crippen molar-refractivity contribution in [2.45, 2.75) is 45.2 Å². The summed E-state index contributed by atoms with van der Waals surface area (Å²) in [6.45, 7) is 6.32.